The number of fused-ring (bicyclic) bond motifs is 1. The summed E-state index contributed by atoms with van der Waals surface area (Å²) in [5.74, 6) is 0.144. The van der Waals surface area contributed by atoms with Crippen molar-refractivity contribution >= 4 is 28.5 Å². The zero-order valence-corrected chi connectivity index (χ0v) is 16.1. The standard InChI is InChI=1S/C21H19ClO5/c1-12-16-8-9-18(26-11-14-4-6-15(22)7-5-14)13(2)20(16)27-21(24)17(12)10-19(23)25-3/h4-9H,10-11H2,1-3H3. The summed E-state index contributed by atoms with van der Waals surface area (Å²) >= 11 is 5.89. The Hall–Kier alpha value is -2.79. The molecule has 0 saturated heterocycles. The molecule has 0 bridgehead atoms. The molecule has 1 aromatic heterocycles. The summed E-state index contributed by atoms with van der Waals surface area (Å²) in [5.41, 5.74) is 2.64. The number of benzene rings is 2. The van der Waals surface area contributed by atoms with Gasteiger partial charge in [-0.2, -0.15) is 0 Å². The molecule has 6 heteroatoms. The highest BCUT2D eigenvalue weighted by Crippen LogP contribution is 2.30. The Kier molecular flexibility index (Phi) is 5.51. The maximum absolute atomic E-state index is 12.4. The normalized spacial score (nSPS) is 10.8. The largest absolute Gasteiger partial charge is 0.488 e. The first-order chi connectivity index (χ1) is 12.9. The minimum atomic E-state index is -0.539. The van der Waals surface area contributed by atoms with E-state index in [1.807, 2.05) is 31.2 Å². The minimum absolute atomic E-state index is 0.117. The maximum Gasteiger partial charge on any atom is 0.340 e. The molecule has 0 aliphatic rings. The molecule has 3 rings (SSSR count). The van der Waals surface area contributed by atoms with Crippen LogP contribution in [0.4, 0.5) is 0 Å². The molecule has 0 spiro atoms. The predicted octanol–water partition coefficient (Wildman–Crippen LogP) is 4.36. The first-order valence-corrected chi connectivity index (χ1v) is 8.78. The van der Waals surface area contributed by atoms with Crippen molar-refractivity contribution < 1.29 is 18.7 Å². The van der Waals surface area contributed by atoms with Gasteiger partial charge in [0.1, 0.15) is 17.9 Å². The molecular formula is C21H19ClO5. The van der Waals surface area contributed by atoms with Crippen LogP contribution in [-0.2, 0) is 22.6 Å². The fraction of sp³-hybridized carbons (Fsp3) is 0.238. The van der Waals surface area contributed by atoms with Gasteiger partial charge in [-0.25, -0.2) is 4.79 Å². The van der Waals surface area contributed by atoms with Gasteiger partial charge in [0.2, 0.25) is 0 Å². The third kappa shape index (κ3) is 3.98. The van der Waals surface area contributed by atoms with Crippen LogP contribution in [0.15, 0.2) is 45.6 Å². The van der Waals surface area contributed by atoms with Crippen molar-refractivity contribution in [2.24, 2.45) is 0 Å². The lowest BCUT2D eigenvalue weighted by molar-refractivity contribution is -0.139. The van der Waals surface area contributed by atoms with Gasteiger partial charge in [0, 0.05) is 16.0 Å². The van der Waals surface area contributed by atoms with Crippen LogP contribution < -0.4 is 10.4 Å². The number of halogens is 1. The smallest absolute Gasteiger partial charge is 0.340 e. The summed E-state index contributed by atoms with van der Waals surface area (Å²) in [6.07, 6.45) is -0.117. The fourth-order valence-corrected chi connectivity index (χ4v) is 3.02. The van der Waals surface area contributed by atoms with Gasteiger partial charge in [-0.3, -0.25) is 4.79 Å². The number of methoxy groups -OCH3 is 1. The van der Waals surface area contributed by atoms with Crippen molar-refractivity contribution in [3.8, 4) is 5.75 Å². The highest BCUT2D eigenvalue weighted by Gasteiger charge is 2.17. The van der Waals surface area contributed by atoms with Gasteiger partial charge in [0.15, 0.2) is 0 Å². The van der Waals surface area contributed by atoms with Gasteiger partial charge < -0.3 is 13.9 Å². The van der Waals surface area contributed by atoms with Gasteiger partial charge in [0.05, 0.1) is 19.1 Å². The number of rotatable bonds is 5. The van der Waals surface area contributed by atoms with Crippen LogP contribution >= 0.6 is 11.6 Å². The monoisotopic (exact) mass is 386 g/mol. The second-order valence-electron chi connectivity index (χ2n) is 6.23. The zero-order chi connectivity index (χ0) is 19.6. The molecule has 5 nitrogen and oxygen atoms in total. The summed E-state index contributed by atoms with van der Waals surface area (Å²) in [7, 11) is 1.29. The lowest BCUT2D eigenvalue weighted by atomic mass is 10.0. The number of carbonyl (C=O) groups is 1. The Morgan fingerprint density at radius 3 is 2.44 bits per heavy atom. The van der Waals surface area contributed by atoms with Crippen molar-refractivity contribution in [3.63, 3.8) is 0 Å². The number of esters is 1. The summed E-state index contributed by atoms with van der Waals surface area (Å²) in [6, 6.07) is 11.1. The van der Waals surface area contributed by atoms with E-state index in [1.54, 1.807) is 19.1 Å². The number of aryl methyl sites for hydroxylation is 2. The van der Waals surface area contributed by atoms with Crippen molar-refractivity contribution in [2.45, 2.75) is 26.9 Å². The van der Waals surface area contributed by atoms with Crippen molar-refractivity contribution in [1.29, 1.82) is 0 Å². The van der Waals surface area contributed by atoms with E-state index in [-0.39, 0.29) is 6.42 Å². The SMILES string of the molecule is COC(=O)Cc1c(C)c2ccc(OCc3ccc(Cl)cc3)c(C)c2oc1=O. The molecule has 0 saturated carbocycles. The fourth-order valence-electron chi connectivity index (χ4n) is 2.89. The first-order valence-electron chi connectivity index (χ1n) is 8.40. The topological polar surface area (TPSA) is 65.7 Å². The van der Waals surface area contributed by atoms with Crippen LogP contribution in [0.5, 0.6) is 5.75 Å². The molecule has 0 fully saturated rings. The minimum Gasteiger partial charge on any atom is -0.488 e. The molecule has 0 radical (unpaired) electrons. The second kappa shape index (κ2) is 7.84. The van der Waals surface area contributed by atoms with Gasteiger partial charge in [-0.15, -0.1) is 0 Å². The van der Waals surface area contributed by atoms with Crippen LogP contribution in [0.1, 0.15) is 22.3 Å². The Morgan fingerprint density at radius 2 is 1.78 bits per heavy atom. The summed E-state index contributed by atoms with van der Waals surface area (Å²) in [5, 5.41) is 1.44. The number of ether oxygens (including phenoxy) is 2. The average molecular weight is 387 g/mol. The van der Waals surface area contributed by atoms with E-state index in [1.165, 1.54) is 7.11 Å². The van der Waals surface area contributed by atoms with Gasteiger partial charge >= 0.3 is 11.6 Å². The van der Waals surface area contributed by atoms with Crippen molar-refractivity contribution in [3.05, 3.63) is 74.1 Å². The van der Waals surface area contributed by atoms with Crippen LogP contribution in [0, 0.1) is 13.8 Å². The van der Waals surface area contributed by atoms with Crippen LogP contribution in [0.25, 0.3) is 11.0 Å². The highest BCUT2D eigenvalue weighted by atomic mass is 35.5. The predicted molar refractivity (Wildman–Crippen MR) is 103 cm³/mol. The Balaban J connectivity index is 1.94. The molecule has 2 aromatic carbocycles. The number of carbonyl (C=O) groups excluding carboxylic acids is 1. The Labute approximate surface area is 161 Å². The molecular weight excluding hydrogens is 368 g/mol. The zero-order valence-electron chi connectivity index (χ0n) is 15.3. The van der Waals surface area contributed by atoms with E-state index in [4.69, 9.17) is 20.8 Å². The lowest BCUT2D eigenvalue weighted by Gasteiger charge is -2.13. The van der Waals surface area contributed by atoms with Gasteiger partial charge in [-0.1, -0.05) is 23.7 Å². The third-order valence-corrected chi connectivity index (χ3v) is 4.76. The summed E-state index contributed by atoms with van der Waals surface area (Å²) in [4.78, 5) is 23.9. The van der Waals surface area contributed by atoms with Gasteiger partial charge in [-0.05, 0) is 49.2 Å². The number of hydrogen-bond donors (Lipinski definition) is 0. The molecule has 0 aliphatic heterocycles. The highest BCUT2D eigenvalue weighted by molar-refractivity contribution is 6.30. The average Bonchev–Trinajstić information content (AvgIpc) is 2.66. The van der Waals surface area contributed by atoms with E-state index in [2.05, 4.69) is 4.74 Å². The number of hydrogen-bond acceptors (Lipinski definition) is 5. The molecule has 0 aliphatic carbocycles. The molecule has 1 heterocycles. The summed E-state index contributed by atoms with van der Waals surface area (Å²) in [6.45, 7) is 4.00. The van der Waals surface area contributed by atoms with E-state index in [0.717, 1.165) is 16.5 Å². The molecule has 3 aromatic rings. The maximum atomic E-state index is 12.4. The van der Waals surface area contributed by atoms with E-state index < -0.39 is 11.6 Å². The van der Waals surface area contributed by atoms with Crippen LogP contribution in [0.3, 0.4) is 0 Å². The first kappa shape index (κ1) is 19.0. The van der Waals surface area contributed by atoms with Gasteiger partial charge in [0.25, 0.3) is 0 Å². The Morgan fingerprint density at radius 1 is 1.07 bits per heavy atom. The molecule has 27 heavy (non-hydrogen) atoms. The van der Waals surface area contributed by atoms with E-state index >= 15 is 0 Å². The molecule has 0 amide bonds. The van der Waals surface area contributed by atoms with Crippen molar-refractivity contribution in [2.75, 3.05) is 7.11 Å². The molecule has 0 N–H and O–H groups in total. The molecule has 0 unspecified atom stereocenters. The van der Waals surface area contributed by atoms with E-state index in [9.17, 15) is 9.59 Å². The quantitative estimate of drug-likeness (QED) is 0.481. The molecule has 140 valence electrons. The summed E-state index contributed by atoms with van der Waals surface area (Å²) < 4.78 is 16.0. The van der Waals surface area contributed by atoms with Crippen molar-refractivity contribution in [1.82, 2.24) is 0 Å². The van der Waals surface area contributed by atoms with Crippen LogP contribution in [0.2, 0.25) is 5.02 Å². The third-order valence-electron chi connectivity index (χ3n) is 4.51. The van der Waals surface area contributed by atoms with Crippen LogP contribution in [-0.4, -0.2) is 13.1 Å². The second-order valence-corrected chi connectivity index (χ2v) is 6.66. The molecule has 0 atom stereocenters. The Bertz CT molecular complexity index is 1050. The van der Waals surface area contributed by atoms with E-state index in [0.29, 0.717) is 34.1 Å². The lowest BCUT2D eigenvalue weighted by Crippen LogP contribution is -2.16.